The number of carbonyl (C=O) groups excluding carboxylic acids is 1. The van der Waals surface area contributed by atoms with Gasteiger partial charge in [-0.05, 0) is 6.07 Å². The number of H-pyrrole nitrogens is 1. The lowest BCUT2D eigenvalue weighted by atomic mass is 10.2. The summed E-state index contributed by atoms with van der Waals surface area (Å²) in [4.78, 5) is 26.1. The summed E-state index contributed by atoms with van der Waals surface area (Å²) < 4.78 is 0. The summed E-state index contributed by atoms with van der Waals surface area (Å²) in [5.41, 5.74) is 0.799. The van der Waals surface area contributed by atoms with Gasteiger partial charge in [0.25, 0.3) is 0 Å². The third-order valence-corrected chi connectivity index (χ3v) is 2.98. The average Bonchev–Trinajstić information content (AvgIpc) is 2.82. The number of carbonyl (C=O) groups is 2. The molecule has 0 saturated carbocycles. The molecule has 1 fully saturated rings. The van der Waals surface area contributed by atoms with Crippen LogP contribution < -0.4 is 0 Å². The Morgan fingerprint density at radius 2 is 2.06 bits per heavy atom. The van der Waals surface area contributed by atoms with Crippen molar-refractivity contribution in [1.29, 1.82) is 0 Å². The molecule has 7 nitrogen and oxygen atoms in total. The zero-order chi connectivity index (χ0) is 13.0. The van der Waals surface area contributed by atoms with Gasteiger partial charge < -0.3 is 10.0 Å². The van der Waals surface area contributed by atoms with Crippen molar-refractivity contribution in [3.63, 3.8) is 0 Å². The maximum absolute atomic E-state index is 11.9. The highest BCUT2D eigenvalue weighted by atomic mass is 16.4. The third-order valence-electron chi connectivity index (χ3n) is 2.98. The Balaban J connectivity index is 1.79. The third kappa shape index (κ3) is 3.30. The van der Waals surface area contributed by atoms with Crippen molar-refractivity contribution in [1.82, 2.24) is 20.0 Å². The molecule has 2 N–H and O–H groups in total. The van der Waals surface area contributed by atoms with E-state index >= 15 is 0 Å². The number of aromatic nitrogens is 2. The predicted molar refractivity (Wildman–Crippen MR) is 62.9 cm³/mol. The zero-order valence-corrected chi connectivity index (χ0v) is 10.0. The molecule has 7 heteroatoms. The first-order chi connectivity index (χ1) is 8.65. The van der Waals surface area contributed by atoms with Crippen molar-refractivity contribution < 1.29 is 14.7 Å². The number of nitrogens with zero attached hydrogens (tertiary/aromatic N) is 3. The standard InChI is InChI=1S/C11H16N4O3/c16-10(7-9-1-2-12-13-9)15-5-3-14(4-6-15)8-11(17)18/h1-2H,3-8H2,(H,12,13)(H,17,18). The lowest BCUT2D eigenvalue weighted by molar-refractivity contribution is -0.139. The van der Waals surface area contributed by atoms with Gasteiger partial charge in [-0.25, -0.2) is 0 Å². The lowest BCUT2D eigenvalue weighted by Gasteiger charge is -2.33. The van der Waals surface area contributed by atoms with Gasteiger partial charge in [0.1, 0.15) is 0 Å². The fourth-order valence-electron chi connectivity index (χ4n) is 2.00. The molecule has 1 aromatic heterocycles. The molecule has 0 bridgehead atoms. The van der Waals surface area contributed by atoms with E-state index in [-0.39, 0.29) is 12.5 Å². The first kappa shape index (κ1) is 12.6. The number of rotatable bonds is 4. The molecule has 1 amide bonds. The Kier molecular flexibility index (Phi) is 3.93. The Bertz CT molecular complexity index is 410. The summed E-state index contributed by atoms with van der Waals surface area (Å²) in [7, 11) is 0. The van der Waals surface area contributed by atoms with Gasteiger partial charge in [-0.3, -0.25) is 19.6 Å². The van der Waals surface area contributed by atoms with Crippen molar-refractivity contribution in [3.8, 4) is 0 Å². The zero-order valence-electron chi connectivity index (χ0n) is 10.0. The van der Waals surface area contributed by atoms with E-state index in [1.165, 1.54) is 0 Å². The van der Waals surface area contributed by atoms with Gasteiger partial charge in [-0.2, -0.15) is 5.10 Å². The Morgan fingerprint density at radius 3 is 2.61 bits per heavy atom. The van der Waals surface area contributed by atoms with E-state index in [2.05, 4.69) is 10.2 Å². The van der Waals surface area contributed by atoms with Crippen LogP contribution in [0.15, 0.2) is 12.3 Å². The molecule has 1 aliphatic heterocycles. The molecule has 1 saturated heterocycles. The molecule has 0 atom stereocenters. The molecule has 2 rings (SSSR count). The van der Waals surface area contributed by atoms with E-state index in [9.17, 15) is 9.59 Å². The molecule has 98 valence electrons. The fraction of sp³-hybridized carbons (Fsp3) is 0.545. The van der Waals surface area contributed by atoms with Crippen LogP contribution in [0.1, 0.15) is 5.69 Å². The maximum atomic E-state index is 11.9. The van der Waals surface area contributed by atoms with Crippen molar-refractivity contribution in [3.05, 3.63) is 18.0 Å². The second-order valence-electron chi connectivity index (χ2n) is 4.31. The maximum Gasteiger partial charge on any atom is 0.317 e. The SMILES string of the molecule is O=C(O)CN1CCN(C(=O)Cc2ccn[nH]2)CC1. The van der Waals surface area contributed by atoms with Crippen LogP contribution in [0.4, 0.5) is 0 Å². The topological polar surface area (TPSA) is 89.5 Å². The Hall–Kier alpha value is -1.89. The van der Waals surface area contributed by atoms with Gasteiger partial charge in [-0.15, -0.1) is 0 Å². The van der Waals surface area contributed by atoms with Crippen LogP contribution in [0, 0.1) is 0 Å². The Labute approximate surface area is 104 Å². The van der Waals surface area contributed by atoms with Gasteiger partial charge >= 0.3 is 5.97 Å². The minimum Gasteiger partial charge on any atom is -0.480 e. The normalized spacial score (nSPS) is 16.8. The summed E-state index contributed by atoms with van der Waals surface area (Å²) in [5.74, 6) is -0.776. The van der Waals surface area contributed by atoms with E-state index in [4.69, 9.17) is 5.11 Å². The summed E-state index contributed by atoms with van der Waals surface area (Å²) >= 11 is 0. The number of aliphatic carboxylic acids is 1. The molecule has 0 spiro atoms. The van der Waals surface area contributed by atoms with Crippen molar-refractivity contribution in [2.75, 3.05) is 32.7 Å². The van der Waals surface area contributed by atoms with Crippen LogP contribution in [0.2, 0.25) is 0 Å². The molecular formula is C11H16N4O3. The molecule has 0 radical (unpaired) electrons. The first-order valence-corrected chi connectivity index (χ1v) is 5.85. The van der Waals surface area contributed by atoms with Gasteiger partial charge in [0, 0.05) is 38.1 Å². The minimum absolute atomic E-state index is 0.0442. The van der Waals surface area contributed by atoms with Crippen molar-refractivity contribution >= 4 is 11.9 Å². The highest BCUT2D eigenvalue weighted by Crippen LogP contribution is 2.05. The summed E-state index contributed by atoms with van der Waals surface area (Å²) in [5, 5.41) is 15.2. The molecule has 2 heterocycles. The molecule has 0 aromatic carbocycles. The molecule has 1 aliphatic rings. The number of amides is 1. The molecule has 0 aliphatic carbocycles. The van der Waals surface area contributed by atoms with E-state index in [0.29, 0.717) is 32.6 Å². The van der Waals surface area contributed by atoms with Crippen LogP contribution in [0.3, 0.4) is 0 Å². The first-order valence-electron chi connectivity index (χ1n) is 5.85. The monoisotopic (exact) mass is 252 g/mol. The smallest absolute Gasteiger partial charge is 0.317 e. The van der Waals surface area contributed by atoms with Crippen LogP contribution in [0.5, 0.6) is 0 Å². The van der Waals surface area contributed by atoms with Crippen LogP contribution in [-0.2, 0) is 16.0 Å². The van der Waals surface area contributed by atoms with E-state index < -0.39 is 5.97 Å². The van der Waals surface area contributed by atoms with E-state index in [1.807, 2.05) is 4.90 Å². The summed E-state index contributed by atoms with van der Waals surface area (Å²) in [6.07, 6.45) is 1.94. The summed E-state index contributed by atoms with van der Waals surface area (Å²) in [6.45, 7) is 2.44. The van der Waals surface area contributed by atoms with Gasteiger partial charge in [-0.1, -0.05) is 0 Å². The number of carboxylic acid groups (broad SMARTS) is 1. The number of hydrogen-bond donors (Lipinski definition) is 2. The van der Waals surface area contributed by atoms with Crippen LogP contribution >= 0.6 is 0 Å². The van der Waals surface area contributed by atoms with Gasteiger partial charge in [0.2, 0.25) is 5.91 Å². The fourth-order valence-corrected chi connectivity index (χ4v) is 2.00. The Morgan fingerprint density at radius 1 is 1.33 bits per heavy atom. The minimum atomic E-state index is -0.827. The summed E-state index contributed by atoms with van der Waals surface area (Å²) in [6, 6.07) is 1.78. The van der Waals surface area contributed by atoms with Crippen molar-refractivity contribution in [2.24, 2.45) is 0 Å². The highest BCUT2D eigenvalue weighted by Gasteiger charge is 2.22. The molecule has 0 unspecified atom stereocenters. The van der Waals surface area contributed by atoms with Crippen molar-refractivity contribution in [2.45, 2.75) is 6.42 Å². The largest absolute Gasteiger partial charge is 0.480 e. The number of aromatic amines is 1. The average molecular weight is 252 g/mol. The second-order valence-corrected chi connectivity index (χ2v) is 4.31. The number of piperazine rings is 1. The van der Waals surface area contributed by atoms with Crippen LogP contribution in [-0.4, -0.2) is 69.7 Å². The quantitative estimate of drug-likeness (QED) is 0.731. The van der Waals surface area contributed by atoms with Gasteiger partial charge in [0.05, 0.1) is 13.0 Å². The predicted octanol–water partition coefficient (Wildman–Crippen LogP) is -0.819. The number of hydrogen-bond acceptors (Lipinski definition) is 4. The van der Waals surface area contributed by atoms with Crippen LogP contribution in [0.25, 0.3) is 0 Å². The molecular weight excluding hydrogens is 236 g/mol. The molecule has 1 aromatic rings. The second kappa shape index (κ2) is 5.63. The molecule has 18 heavy (non-hydrogen) atoms. The van der Waals surface area contributed by atoms with E-state index in [0.717, 1.165) is 5.69 Å². The van der Waals surface area contributed by atoms with Gasteiger partial charge in [0.15, 0.2) is 0 Å². The number of nitrogens with one attached hydrogen (secondary N) is 1. The number of carboxylic acids is 1. The van der Waals surface area contributed by atoms with E-state index in [1.54, 1.807) is 17.2 Å². The highest BCUT2D eigenvalue weighted by molar-refractivity contribution is 5.78. The lowest BCUT2D eigenvalue weighted by Crippen LogP contribution is -2.50.